The van der Waals surface area contributed by atoms with Gasteiger partial charge in [0.25, 0.3) is 0 Å². The lowest BCUT2D eigenvalue weighted by Crippen LogP contribution is -2.44. The highest BCUT2D eigenvalue weighted by atomic mass is 35.5. The number of aliphatic hydroxyl groups is 2. The maximum Gasteiger partial charge on any atom is 0.114 e. The number of hydrogen-bond donors (Lipinski definition) is 2. The second-order valence-corrected chi connectivity index (χ2v) is 6.06. The van der Waals surface area contributed by atoms with Gasteiger partial charge in [-0.3, -0.25) is 0 Å². The zero-order chi connectivity index (χ0) is 13.4. The molecule has 1 aliphatic rings. The maximum absolute atomic E-state index is 10.7. The summed E-state index contributed by atoms with van der Waals surface area (Å²) < 4.78 is 0. The van der Waals surface area contributed by atoms with Crippen molar-refractivity contribution in [3.8, 4) is 0 Å². The molecule has 1 aromatic rings. The molecule has 0 aromatic heterocycles. The second kappa shape index (κ2) is 4.69. The molecule has 3 heteroatoms. The fourth-order valence-electron chi connectivity index (χ4n) is 2.56. The molecule has 18 heavy (non-hydrogen) atoms. The Kier molecular flexibility index (Phi) is 3.54. The Morgan fingerprint density at radius 2 is 1.89 bits per heavy atom. The Morgan fingerprint density at radius 3 is 2.44 bits per heavy atom. The van der Waals surface area contributed by atoms with Gasteiger partial charge in [-0.1, -0.05) is 43.7 Å². The molecule has 0 aliphatic heterocycles. The predicted octanol–water partition coefficient (Wildman–Crippen LogP) is 3.27. The van der Waals surface area contributed by atoms with E-state index in [0.29, 0.717) is 5.02 Å². The minimum Gasteiger partial charge on any atom is -0.393 e. The molecule has 1 fully saturated rings. The molecule has 1 atom stereocenters. The van der Waals surface area contributed by atoms with E-state index in [1.54, 1.807) is 0 Å². The van der Waals surface area contributed by atoms with E-state index in [1.165, 1.54) is 0 Å². The lowest BCUT2D eigenvalue weighted by atomic mass is 9.76. The van der Waals surface area contributed by atoms with Crippen LogP contribution >= 0.6 is 11.6 Å². The van der Waals surface area contributed by atoms with Crippen molar-refractivity contribution in [1.82, 2.24) is 0 Å². The van der Waals surface area contributed by atoms with Crippen molar-refractivity contribution in [2.24, 2.45) is 5.41 Å². The van der Waals surface area contributed by atoms with E-state index in [9.17, 15) is 10.2 Å². The lowest BCUT2D eigenvalue weighted by molar-refractivity contribution is -0.0544. The van der Waals surface area contributed by atoms with Gasteiger partial charge in [0.05, 0.1) is 6.61 Å². The first-order chi connectivity index (χ1) is 8.39. The van der Waals surface area contributed by atoms with Crippen LogP contribution in [0.1, 0.15) is 32.3 Å². The van der Waals surface area contributed by atoms with Crippen LogP contribution < -0.4 is 0 Å². The van der Waals surface area contributed by atoms with E-state index in [0.717, 1.165) is 24.0 Å². The van der Waals surface area contributed by atoms with E-state index in [1.807, 2.05) is 44.2 Å². The van der Waals surface area contributed by atoms with Gasteiger partial charge in [0.2, 0.25) is 0 Å². The van der Waals surface area contributed by atoms with E-state index in [-0.39, 0.29) is 12.0 Å². The van der Waals surface area contributed by atoms with Gasteiger partial charge in [-0.25, -0.2) is 0 Å². The van der Waals surface area contributed by atoms with Crippen LogP contribution in [0.15, 0.2) is 29.8 Å². The molecule has 2 nitrogen and oxygen atoms in total. The van der Waals surface area contributed by atoms with Crippen LogP contribution in [-0.4, -0.2) is 22.4 Å². The zero-order valence-corrected chi connectivity index (χ0v) is 11.5. The van der Waals surface area contributed by atoms with Crippen LogP contribution in [0.5, 0.6) is 0 Å². The van der Waals surface area contributed by atoms with Gasteiger partial charge in [0.1, 0.15) is 5.60 Å². The van der Waals surface area contributed by atoms with Crippen LogP contribution in [0.3, 0.4) is 0 Å². The summed E-state index contributed by atoms with van der Waals surface area (Å²) >= 11 is 5.85. The van der Waals surface area contributed by atoms with E-state index in [4.69, 9.17) is 11.6 Å². The van der Waals surface area contributed by atoms with Crippen LogP contribution in [0.2, 0.25) is 5.02 Å². The Hall–Kier alpha value is -0.830. The first-order valence-corrected chi connectivity index (χ1v) is 6.57. The average molecular weight is 267 g/mol. The van der Waals surface area contributed by atoms with Gasteiger partial charge in [0.15, 0.2) is 0 Å². The number of benzene rings is 1. The van der Waals surface area contributed by atoms with Crippen molar-refractivity contribution in [1.29, 1.82) is 0 Å². The smallest absolute Gasteiger partial charge is 0.114 e. The predicted molar refractivity (Wildman–Crippen MR) is 74.5 cm³/mol. The Balaban J connectivity index is 2.36. The topological polar surface area (TPSA) is 40.5 Å². The van der Waals surface area contributed by atoms with E-state index < -0.39 is 5.60 Å². The summed E-state index contributed by atoms with van der Waals surface area (Å²) in [5.41, 5.74) is 0.489. The standard InChI is InChI=1S/C15H19ClO2/c1-14(2)8-7-12(15(14,18)10-17)9-11-3-5-13(16)6-4-11/h3-6,9,17-18H,7-8,10H2,1-2H3/b12-9+/t15-/m0/s1. The number of halogens is 1. The summed E-state index contributed by atoms with van der Waals surface area (Å²) in [6.07, 6.45) is 3.65. The highest BCUT2D eigenvalue weighted by Crippen LogP contribution is 2.49. The maximum atomic E-state index is 10.7. The molecule has 0 radical (unpaired) electrons. The normalized spacial score (nSPS) is 28.8. The Morgan fingerprint density at radius 1 is 1.28 bits per heavy atom. The third kappa shape index (κ3) is 2.20. The first-order valence-electron chi connectivity index (χ1n) is 6.19. The molecule has 2 N–H and O–H groups in total. The van der Waals surface area contributed by atoms with Crippen LogP contribution in [0.4, 0.5) is 0 Å². The summed E-state index contributed by atoms with van der Waals surface area (Å²) in [4.78, 5) is 0. The molecule has 0 bridgehead atoms. The van der Waals surface area contributed by atoms with Crippen LogP contribution in [-0.2, 0) is 0 Å². The van der Waals surface area contributed by atoms with Crippen LogP contribution in [0.25, 0.3) is 6.08 Å². The number of rotatable bonds is 2. The molecule has 0 amide bonds. The number of aliphatic hydroxyl groups excluding tert-OH is 1. The zero-order valence-electron chi connectivity index (χ0n) is 10.8. The van der Waals surface area contributed by atoms with Crippen LogP contribution in [0, 0.1) is 5.41 Å². The van der Waals surface area contributed by atoms with E-state index in [2.05, 4.69) is 0 Å². The van der Waals surface area contributed by atoms with Gasteiger partial charge < -0.3 is 10.2 Å². The molecule has 98 valence electrons. The van der Waals surface area contributed by atoms with E-state index >= 15 is 0 Å². The summed E-state index contributed by atoms with van der Waals surface area (Å²) in [5, 5.41) is 20.9. The van der Waals surface area contributed by atoms with Gasteiger partial charge in [-0.05, 0) is 41.5 Å². The minimum atomic E-state index is -1.12. The molecule has 0 spiro atoms. The largest absolute Gasteiger partial charge is 0.393 e. The third-order valence-corrected chi connectivity index (χ3v) is 4.36. The molecule has 0 heterocycles. The van der Waals surface area contributed by atoms with Gasteiger partial charge >= 0.3 is 0 Å². The van der Waals surface area contributed by atoms with Crippen molar-refractivity contribution in [2.75, 3.05) is 6.61 Å². The van der Waals surface area contributed by atoms with Gasteiger partial charge in [0, 0.05) is 5.02 Å². The van der Waals surface area contributed by atoms with Gasteiger partial charge in [-0.15, -0.1) is 0 Å². The van der Waals surface area contributed by atoms with Crippen molar-refractivity contribution in [3.05, 3.63) is 40.4 Å². The van der Waals surface area contributed by atoms with Crippen molar-refractivity contribution in [2.45, 2.75) is 32.3 Å². The SMILES string of the molecule is CC1(C)CC/C(=C\c2ccc(Cl)cc2)[C@@]1(O)CO. The van der Waals surface area contributed by atoms with Crippen molar-refractivity contribution in [3.63, 3.8) is 0 Å². The third-order valence-electron chi connectivity index (χ3n) is 4.11. The lowest BCUT2D eigenvalue weighted by Gasteiger charge is -2.36. The molecule has 1 saturated carbocycles. The monoisotopic (exact) mass is 266 g/mol. The molecule has 1 aliphatic carbocycles. The summed E-state index contributed by atoms with van der Waals surface area (Å²) in [6.45, 7) is 3.75. The highest BCUT2D eigenvalue weighted by Gasteiger charge is 2.50. The Labute approximate surface area is 113 Å². The first kappa shape index (κ1) is 13.6. The highest BCUT2D eigenvalue weighted by molar-refractivity contribution is 6.30. The summed E-state index contributed by atoms with van der Waals surface area (Å²) in [6, 6.07) is 7.48. The second-order valence-electron chi connectivity index (χ2n) is 5.62. The molecular weight excluding hydrogens is 248 g/mol. The van der Waals surface area contributed by atoms with Crippen molar-refractivity contribution < 1.29 is 10.2 Å². The molecule has 0 unspecified atom stereocenters. The molecular formula is C15H19ClO2. The quantitative estimate of drug-likeness (QED) is 0.863. The molecule has 2 rings (SSSR count). The summed E-state index contributed by atoms with van der Waals surface area (Å²) in [5.74, 6) is 0. The summed E-state index contributed by atoms with van der Waals surface area (Å²) in [7, 11) is 0. The fraction of sp³-hybridized carbons (Fsp3) is 0.467. The average Bonchev–Trinajstić information content (AvgIpc) is 2.56. The molecule has 0 saturated heterocycles. The van der Waals surface area contributed by atoms with Crippen molar-refractivity contribution >= 4 is 17.7 Å². The van der Waals surface area contributed by atoms with Gasteiger partial charge in [-0.2, -0.15) is 0 Å². The minimum absolute atomic E-state index is 0.237. The number of hydrogen-bond acceptors (Lipinski definition) is 2. The Bertz CT molecular complexity index is 462. The molecule has 1 aromatic carbocycles. The fourth-order valence-corrected chi connectivity index (χ4v) is 2.69.